The topological polar surface area (TPSA) is 60.6 Å². The Bertz CT molecular complexity index is 1440. The van der Waals surface area contributed by atoms with Crippen LogP contribution in [0, 0.1) is 6.92 Å². The lowest BCUT2D eigenvalue weighted by atomic mass is 9.99. The van der Waals surface area contributed by atoms with Crippen LogP contribution >= 0.6 is 11.3 Å². The molecule has 0 aliphatic rings. The van der Waals surface area contributed by atoms with Gasteiger partial charge in [-0.15, -0.1) is 0 Å². The van der Waals surface area contributed by atoms with E-state index in [-0.39, 0.29) is 0 Å². The summed E-state index contributed by atoms with van der Waals surface area (Å²) in [7, 11) is 4.11. The van der Waals surface area contributed by atoms with Crippen LogP contribution in [-0.2, 0) is 0 Å². The van der Waals surface area contributed by atoms with E-state index in [1.165, 1.54) is 5.56 Å². The summed E-state index contributed by atoms with van der Waals surface area (Å²) in [5, 5.41) is 12.9. The van der Waals surface area contributed by atoms with Gasteiger partial charge in [-0.05, 0) is 79.2 Å². The Balaban J connectivity index is 1.77. The highest BCUT2D eigenvalue weighted by Crippen LogP contribution is 2.34. The van der Waals surface area contributed by atoms with Gasteiger partial charge in [0.25, 0.3) is 0 Å². The lowest BCUT2D eigenvalue weighted by molar-refractivity contribution is 0.449. The van der Waals surface area contributed by atoms with Gasteiger partial charge in [0, 0.05) is 34.9 Å². The number of fused-ring (bicyclic) bond motifs is 1. The van der Waals surface area contributed by atoms with E-state index in [1.54, 1.807) is 11.3 Å². The minimum absolute atomic E-state index is 0.689. The molecule has 4 rings (SSSR count). The van der Waals surface area contributed by atoms with Gasteiger partial charge in [-0.3, -0.25) is 5.10 Å². The van der Waals surface area contributed by atoms with Crippen LogP contribution in [0.4, 0.5) is 0 Å². The van der Waals surface area contributed by atoms with Crippen molar-refractivity contribution in [3.63, 3.8) is 0 Å². The number of hydrogen-bond acceptors (Lipinski definition) is 4. The number of thiophene rings is 1. The highest BCUT2D eigenvalue weighted by Gasteiger charge is 2.17. The number of aromatic nitrogens is 4. The number of nitrogens with zero attached hydrogens (tertiary/aromatic N) is 3. The lowest BCUT2D eigenvalue weighted by Gasteiger charge is -2.11. The molecule has 0 saturated carbocycles. The van der Waals surface area contributed by atoms with E-state index >= 15 is 0 Å². The fourth-order valence-electron chi connectivity index (χ4n) is 4.18. The van der Waals surface area contributed by atoms with Crippen molar-refractivity contribution in [2.45, 2.75) is 13.8 Å². The van der Waals surface area contributed by atoms with E-state index in [0.29, 0.717) is 5.65 Å². The zero-order chi connectivity index (χ0) is 24.9. The first kappa shape index (κ1) is 24.4. The Kier molecular flexibility index (Phi) is 7.44. The second-order valence-electron chi connectivity index (χ2n) is 8.65. The molecule has 0 saturated heterocycles. The molecular formula is C29H31N5S. The molecule has 6 heteroatoms. The van der Waals surface area contributed by atoms with Crippen LogP contribution in [0.1, 0.15) is 29.3 Å². The van der Waals surface area contributed by atoms with Crippen molar-refractivity contribution in [3.8, 4) is 11.4 Å². The molecule has 178 valence electrons. The Morgan fingerprint density at radius 1 is 1.20 bits per heavy atom. The van der Waals surface area contributed by atoms with Crippen molar-refractivity contribution >= 4 is 33.5 Å². The second kappa shape index (κ2) is 10.7. The van der Waals surface area contributed by atoms with E-state index in [9.17, 15) is 0 Å². The van der Waals surface area contributed by atoms with Crippen molar-refractivity contribution in [1.82, 2.24) is 25.1 Å². The molecular weight excluding hydrogens is 450 g/mol. The maximum absolute atomic E-state index is 4.64. The molecule has 0 fully saturated rings. The molecule has 2 N–H and O–H groups in total. The van der Waals surface area contributed by atoms with E-state index < -0.39 is 0 Å². The van der Waals surface area contributed by atoms with Crippen molar-refractivity contribution in [2.75, 3.05) is 20.6 Å². The van der Waals surface area contributed by atoms with Gasteiger partial charge < -0.3 is 9.88 Å². The van der Waals surface area contributed by atoms with Crippen LogP contribution < -0.4 is 0 Å². The number of pyridine rings is 1. The number of hydrogen-bond donors (Lipinski definition) is 2. The molecule has 0 bridgehead atoms. The average molecular weight is 482 g/mol. The van der Waals surface area contributed by atoms with Crippen LogP contribution in [0.15, 0.2) is 84.3 Å². The van der Waals surface area contributed by atoms with Crippen molar-refractivity contribution < 1.29 is 0 Å². The summed E-state index contributed by atoms with van der Waals surface area (Å²) in [5.74, 6) is 0. The SMILES string of the molecule is C=C/C=C(/c1ccsc1)c1cc(-c2[nH]nc3ncc(C(/C=C(\C=C)CN(C)C)=C/C)cc23)[nH]c1C. The van der Waals surface area contributed by atoms with Crippen molar-refractivity contribution in [1.29, 1.82) is 0 Å². The number of allylic oxidation sites excluding steroid dienone is 5. The molecule has 0 radical (unpaired) electrons. The van der Waals surface area contributed by atoms with Crippen molar-refractivity contribution in [2.24, 2.45) is 0 Å². The molecule has 35 heavy (non-hydrogen) atoms. The Labute approximate surface area is 210 Å². The summed E-state index contributed by atoms with van der Waals surface area (Å²) in [4.78, 5) is 10.3. The molecule has 0 aliphatic carbocycles. The second-order valence-corrected chi connectivity index (χ2v) is 9.43. The molecule has 0 unspecified atom stereocenters. The maximum Gasteiger partial charge on any atom is 0.181 e. The number of likely N-dealkylation sites (N-methyl/N-ethyl adjacent to an activating group) is 1. The maximum atomic E-state index is 4.64. The van der Waals surface area contributed by atoms with Gasteiger partial charge in [0.15, 0.2) is 5.65 Å². The Hall–Kier alpha value is -3.74. The summed E-state index contributed by atoms with van der Waals surface area (Å²) in [6.07, 6.45) is 11.9. The number of nitrogens with one attached hydrogen (secondary N) is 2. The third kappa shape index (κ3) is 5.19. The predicted octanol–water partition coefficient (Wildman–Crippen LogP) is 7.02. The van der Waals surface area contributed by atoms with Gasteiger partial charge >= 0.3 is 0 Å². The van der Waals surface area contributed by atoms with Crippen LogP contribution in [-0.4, -0.2) is 45.7 Å². The van der Waals surface area contributed by atoms with Gasteiger partial charge in [0.2, 0.25) is 0 Å². The first-order chi connectivity index (χ1) is 16.9. The van der Waals surface area contributed by atoms with E-state index in [2.05, 4.69) is 106 Å². The molecule has 0 spiro atoms. The fourth-order valence-corrected chi connectivity index (χ4v) is 4.84. The summed E-state index contributed by atoms with van der Waals surface area (Å²) in [6, 6.07) is 6.46. The fraction of sp³-hybridized carbons (Fsp3) is 0.172. The molecule has 0 atom stereocenters. The predicted molar refractivity (Wildman–Crippen MR) is 150 cm³/mol. The Morgan fingerprint density at radius 3 is 2.69 bits per heavy atom. The molecule has 4 heterocycles. The third-order valence-electron chi connectivity index (χ3n) is 5.85. The number of aromatic amines is 2. The average Bonchev–Trinajstić information content (AvgIpc) is 3.59. The smallest absolute Gasteiger partial charge is 0.181 e. The van der Waals surface area contributed by atoms with Crippen LogP contribution in [0.2, 0.25) is 0 Å². The molecule has 0 aromatic carbocycles. The molecule has 0 aliphatic heterocycles. The minimum Gasteiger partial charge on any atom is -0.357 e. The lowest BCUT2D eigenvalue weighted by Crippen LogP contribution is -2.14. The summed E-state index contributed by atoms with van der Waals surface area (Å²) >= 11 is 1.69. The first-order valence-electron chi connectivity index (χ1n) is 11.5. The zero-order valence-corrected chi connectivity index (χ0v) is 21.5. The zero-order valence-electron chi connectivity index (χ0n) is 20.7. The van der Waals surface area contributed by atoms with Gasteiger partial charge in [-0.2, -0.15) is 16.4 Å². The number of H-pyrrole nitrogens is 2. The summed E-state index contributed by atoms with van der Waals surface area (Å²) in [5.41, 5.74) is 10.4. The van der Waals surface area contributed by atoms with Crippen LogP contribution in [0.25, 0.3) is 33.6 Å². The largest absolute Gasteiger partial charge is 0.357 e. The van der Waals surface area contributed by atoms with Crippen LogP contribution in [0.3, 0.4) is 0 Å². The quantitative estimate of drug-likeness (QED) is 0.253. The molecule has 4 aromatic heterocycles. The van der Waals surface area contributed by atoms with Crippen molar-refractivity contribution in [3.05, 3.63) is 107 Å². The number of rotatable bonds is 9. The highest BCUT2D eigenvalue weighted by atomic mass is 32.1. The van der Waals surface area contributed by atoms with Gasteiger partial charge in [0.05, 0.1) is 11.4 Å². The van der Waals surface area contributed by atoms with Gasteiger partial charge in [-0.25, -0.2) is 4.98 Å². The van der Waals surface area contributed by atoms with Gasteiger partial charge in [-0.1, -0.05) is 43.5 Å². The standard InChI is InChI=1S/C29H31N5S/c1-7-10-24(22-11-12-35-18-22)25-15-27(31-19(25)4)28-26-14-23(16-30-29(26)33-32-28)21(9-3)13-20(8-2)17-34(5)6/h7-16,18,31H,1-2,17H2,3-6H3,(H,30,32,33)/b20-13+,21-9+,24-10-. The monoisotopic (exact) mass is 481 g/mol. The van der Waals surface area contributed by atoms with Gasteiger partial charge in [0.1, 0.15) is 0 Å². The van der Waals surface area contributed by atoms with E-state index in [1.807, 2.05) is 25.3 Å². The van der Waals surface area contributed by atoms with E-state index in [4.69, 9.17) is 0 Å². The third-order valence-corrected chi connectivity index (χ3v) is 6.53. The summed E-state index contributed by atoms with van der Waals surface area (Å²) < 4.78 is 0. The normalized spacial score (nSPS) is 13.1. The molecule has 5 nitrogen and oxygen atoms in total. The van der Waals surface area contributed by atoms with Crippen LogP contribution in [0.5, 0.6) is 0 Å². The number of aryl methyl sites for hydroxylation is 1. The molecule has 0 amide bonds. The minimum atomic E-state index is 0.689. The Morgan fingerprint density at radius 2 is 2.03 bits per heavy atom. The highest BCUT2D eigenvalue weighted by molar-refractivity contribution is 7.08. The van der Waals surface area contributed by atoms with E-state index in [0.717, 1.165) is 56.9 Å². The molecule has 4 aromatic rings. The first-order valence-corrected chi connectivity index (χ1v) is 12.4. The summed E-state index contributed by atoms with van der Waals surface area (Å²) in [6.45, 7) is 12.8.